The van der Waals surface area contributed by atoms with Crippen molar-refractivity contribution in [2.24, 2.45) is 7.05 Å². The summed E-state index contributed by atoms with van der Waals surface area (Å²) in [7, 11) is 1.59. The molecule has 0 fully saturated rings. The molecule has 0 aliphatic heterocycles. The molecule has 5 heteroatoms. The van der Waals surface area contributed by atoms with Gasteiger partial charge in [-0.2, -0.15) is 5.10 Å². The van der Waals surface area contributed by atoms with Crippen LogP contribution in [-0.4, -0.2) is 14.9 Å². The van der Waals surface area contributed by atoms with Gasteiger partial charge in [-0.1, -0.05) is 6.07 Å². The highest BCUT2D eigenvalue weighted by Crippen LogP contribution is 2.25. The molecule has 1 unspecified atom stereocenters. The lowest BCUT2D eigenvalue weighted by atomic mass is 10.1. The zero-order chi connectivity index (χ0) is 11.7. The van der Waals surface area contributed by atoms with E-state index in [4.69, 9.17) is 0 Å². The van der Waals surface area contributed by atoms with Crippen molar-refractivity contribution in [3.8, 4) is 0 Å². The Morgan fingerprint density at radius 1 is 1.25 bits per heavy atom. The van der Waals surface area contributed by atoms with Crippen LogP contribution < -0.4 is 0 Å². The van der Waals surface area contributed by atoms with Crippen molar-refractivity contribution in [3.63, 3.8) is 0 Å². The molecule has 0 amide bonds. The Labute approximate surface area is 91.0 Å². The van der Waals surface area contributed by atoms with Crippen LogP contribution >= 0.6 is 0 Å². The van der Waals surface area contributed by atoms with Gasteiger partial charge in [-0.15, -0.1) is 0 Å². The van der Waals surface area contributed by atoms with E-state index in [-0.39, 0.29) is 5.56 Å². The van der Waals surface area contributed by atoms with E-state index >= 15 is 0 Å². The average molecular weight is 224 g/mol. The highest BCUT2D eigenvalue weighted by Gasteiger charge is 2.21. The van der Waals surface area contributed by atoms with Crippen LogP contribution in [0.4, 0.5) is 8.78 Å². The molecule has 0 aliphatic carbocycles. The van der Waals surface area contributed by atoms with Gasteiger partial charge in [0.2, 0.25) is 0 Å². The Bertz CT molecular complexity index is 490. The molecule has 0 saturated heterocycles. The first kappa shape index (κ1) is 10.8. The summed E-state index contributed by atoms with van der Waals surface area (Å²) in [4.78, 5) is 0. The van der Waals surface area contributed by atoms with Crippen molar-refractivity contribution >= 4 is 0 Å². The zero-order valence-electron chi connectivity index (χ0n) is 8.56. The smallest absolute Gasteiger partial charge is 0.132 e. The van der Waals surface area contributed by atoms with E-state index in [0.29, 0.717) is 5.69 Å². The van der Waals surface area contributed by atoms with Crippen LogP contribution in [0, 0.1) is 11.6 Å². The Morgan fingerprint density at radius 2 is 1.88 bits per heavy atom. The molecule has 2 rings (SSSR count). The minimum atomic E-state index is -1.35. The maximum absolute atomic E-state index is 13.4. The molecular formula is C11H10F2N2O. The topological polar surface area (TPSA) is 38.0 Å². The summed E-state index contributed by atoms with van der Waals surface area (Å²) >= 11 is 0. The number of halogens is 2. The standard InChI is InChI=1S/C11H10F2N2O/c1-15-9(5-6-14-15)11(16)10-7(12)3-2-4-8(10)13/h2-6,11,16H,1H3. The zero-order valence-corrected chi connectivity index (χ0v) is 8.56. The molecule has 0 spiro atoms. The number of hydrogen-bond donors (Lipinski definition) is 1. The largest absolute Gasteiger partial charge is 0.382 e. The first-order valence-corrected chi connectivity index (χ1v) is 4.71. The predicted molar refractivity (Wildman–Crippen MR) is 53.6 cm³/mol. The van der Waals surface area contributed by atoms with E-state index in [1.54, 1.807) is 7.05 Å². The summed E-state index contributed by atoms with van der Waals surface area (Å²) in [6.07, 6.45) is 0.103. The van der Waals surface area contributed by atoms with E-state index in [1.165, 1.54) is 23.0 Å². The lowest BCUT2D eigenvalue weighted by Crippen LogP contribution is -2.10. The SMILES string of the molecule is Cn1nccc1C(O)c1c(F)cccc1F. The summed E-state index contributed by atoms with van der Waals surface area (Å²) in [6, 6.07) is 4.98. The molecular weight excluding hydrogens is 214 g/mol. The van der Waals surface area contributed by atoms with Crippen molar-refractivity contribution in [1.82, 2.24) is 9.78 Å². The molecule has 0 radical (unpaired) electrons. The van der Waals surface area contributed by atoms with Crippen LogP contribution in [0.25, 0.3) is 0 Å². The van der Waals surface area contributed by atoms with E-state index in [9.17, 15) is 13.9 Å². The fourth-order valence-electron chi connectivity index (χ4n) is 1.57. The minimum absolute atomic E-state index is 0.337. The second kappa shape index (κ2) is 4.02. The predicted octanol–water partition coefficient (Wildman–Crippen LogP) is 1.78. The molecule has 1 aromatic carbocycles. The first-order valence-electron chi connectivity index (χ1n) is 4.71. The second-order valence-corrected chi connectivity index (χ2v) is 3.42. The Kier molecular flexibility index (Phi) is 2.70. The molecule has 16 heavy (non-hydrogen) atoms. The Hall–Kier alpha value is -1.75. The van der Waals surface area contributed by atoms with Crippen LogP contribution in [0.1, 0.15) is 17.4 Å². The number of rotatable bonds is 2. The highest BCUT2D eigenvalue weighted by molar-refractivity contribution is 5.28. The van der Waals surface area contributed by atoms with E-state index in [2.05, 4.69) is 5.10 Å². The third kappa shape index (κ3) is 1.69. The van der Waals surface area contributed by atoms with Crippen LogP contribution in [-0.2, 0) is 7.05 Å². The lowest BCUT2D eigenvalue weighted by molar-refractivity contribution is 0.199. The van der Waals surface area contributed by atoms with E-state index in [1.807, 2.05) is 0 Å². The van der Waals surface area contributed by atoms with Crippen LogP contribution in [0.15, 0.2) is 30.5 Å². The van der Waals surface area contributed by atoms with Gasteiger partial charge in [0.15, 0.2) is 0 Å². The van der Waals surface area contributed by atoms with E-state index in [0.717, 1.165) is 12.1 Å². The number of aryl methyl sites for hydroxylation is 1. The van der Waals surface area contributed by atoms with Gasteiger partial charge >= 0.3 is 0 Å². The van der Waals surface area contributed by atoms with Crippen molar-refractivity contribution < 1.29 is 13.9 Å². The molecule has 3 nitrogen and oxygen atoms in total. The number of nitrogens with zero attached hydrogens (tertiary/aromatic N) is 2. The highest BCUT2D eigenvalue weighted by atomic mass is 19.1. The summed E-state index contributed by atoms with van der Waals surface area (Å²) in [6.45, 7) is 0. The van der Waals surface area contributed by atoms with Gasteiger partial charge in [-0.3, -0.25) is 4.68 Å². The molecule has 0 bridgehead atoms. The number of aromatic nitrogens is 2. The Morgan fingerprint density at radius 3 is 2.38 bits per heavy atom. The van der Waals surface area contributed by atoms with Crippen molar-refractivity contribution in [2.75, 3.05) is 0 Å². The van der Waals surface area contributed by atoms with Gasteiger partial charge in [-0.05, 0) is 18.2 Å². The average Bonchev–Trinajstić information content (AvgIpc) is 2.64. The van der Waals surface area contributed by atoms with Gasteiger partial charge in [0, 0.05) is 13.2 Å². The molecule has 84 valence electrons. The molecule has 0 aliphatic rings. The number of benzene rings is 1. The van der Waals surface area contributed by atoms with Gasteiger partial charge in [-0.25, -0.2) is 8.78 Å². The van der Waals surface area contributed by atoms with Crippen molar-refractivity contribution in [2.45, 2.75) is 6.10 Å². The van der Waals surface area contributed by atoms with Crippen molar-refractivity contribution in [3.05, 3.63) is 53.4 Å². The maximum Gasteiger partial charge on any atom is 0.132 e. The molecule has 1 heterocycles. The normalized spacial score (nSPS) is 12.8. The third-order valence-corrected chi connectivity index (χ3v) is 2.41. The molecule has 2 aromatic rings. The van der Waals surface area contributed by atoms with Crippen molar-refractivity contribution in [1.29, 1.82) is 0 Å². The fourth-order valence-corrected chi connectivity index (χ4v) is 1.57. The minimum Gasteiger partial charge on any atom is -0.382 e. The molecule has 1 aromatic heterocycles. The fraction of sp³-hybridized carbons (Fsp3) is 0.182. The van der Waals surface area contributed by atoms with Crippen LogP contribution in [0.3, 0.4) is 0 Å². The van der Waals surface area contributed by atoms with Crippen LogP contribution in [0.5, 0.6) is 0 Å². The summed E-state index contributed by atoms with van der Waals surface area (Å²) in [5.74, 6) is -1.54. The quantitative estimate of drug-likeness (QED) is 0.844. The molecule has 1 atom stereocenters. The molecule has 0 saturated carbocycles. The maximum atomic E-state index is 13.4. The van der Waals surface area contributed by atoms with E-state index < -0.39 is 17.7 Å². The van der Waals surface area contributed by atoms with Gasteiger partial charge in [0.25, 0.3) is 0 Å². The first-order chi connectivity index (χ1) is 7.61. The van der Waals surface area contributed by atoms with Gasteiger partial charge in [0.1, 0.15) is 17.7 Å². The number of aliphatic hydroxyl groups excluding tert-OH is 1. The number of aliphatic hydroxyl groups is 1. The summed E-state index contributed by atoms with van der Waals surface area (Å²) < 4.78 is 28.2. The summed E-state index contributed by atoms with van der Waals surface area (Å²) in [5.41, 5.74) is -0.0184. The van der Waals surface area contributed by atoms with Crippen LogP contribution in [0.2, 0.25) is 0 Å². The second-order valence-electron chi connectivity index (χ2n) is 3.42. The molecule has 1 N–H and O–H groups in total. The lowest BCUT2D eigenvalue weighted by Gasteiger charge is -2.12. The summed E-state index contributed by atoms with van der Waals surface area (Å²) in [5, 5.41) is 13.7. The van der Waals surface area contributed by atoms with Gasteiger partial charge < -0.3 is 5.11 Å². The Balaban J connectivity index is 2.49. The third-order valence-electron chi connectivity index (χ3n) is 2.41. The monoisotopic (exact) mass is 224 g/mol. The van der Waals surface area contributed by atoms with Gasteiger partial charge in [0.05, 0.1) is 11.3 Å². The number of hydrogen-bond acceptors (Lipinski definition) is 2.